The lowest BCUT2D eigenvalue weighted by atomic mass is 9.62. The van der Waals surface area contributed by atoms with Crippen molar-refractivity contribution in [3.63, 3.8) is 0 Å². The Morgan fingerprint density at radius 3 is 2.36 bits per heavy atom. The van der Waals surface area contributed by atoms with Gasteiger partial charge in [-0.1, -0.05) is 94.1 Å². The van der Waals surface area contributed by atoms with E-state index in [0.717, 1.165) is 55.2 Å². The van der Waals surface area contributed by atoms with Crippen molar-refractivity contribution in [3.8, 4) is 5.75 Å². The zero-order valence-electron chi connectivity index (χ0n) is 38.3. The maximum absolute atomic E-state index is 15.6. The summed E-state index contributed by atoms with van der Waals surface area (Å²) in [7, 11) is 0. The molecular weight excluding hydrogens is 819 g/mol. The van der Waals surface area contributed by atoms with Crippen LogP contribution in [0, 0.1) is 5.41 Å². The minimum absolute atomic E-state index is 0.00130. The van der Waals surface area contributed by atoms with Crippen LogP contribution in [-0.4, -0.2) is 111 Å². The fraction of sp³-hybridized carbons (Fsp3) is 0.640. The number of carbonyl (C=O) groups is 4. The number of benzene rings is 2. The van der Waals surface area contributed by atoms with Crippen LogP contribution in [0.2, 0.25) is 0 Å². The molecule has 8 atom stereocenters. The molecule has 5 aliphatic rings. The summed E-state index contributed by atoms with van der Waals surface area (Å²) in [6, 6.07) is 12.4. The van der Waals surface area contributed by atoms with Crippen molar-refractivity contribution >= 4 is 29.8 Å². The summed E-state index contributed by atoms with van der Waals surface area (Å²) in [5.74, 6) is -2.46. The maximum Gasteiger partial charge on any atom is 0.327 e. The molecule has 5 fully saturated rings. The number of para-hydroxylation sites is 1. The SMILES string of the molecule is CCCCCC1(CCCCC)O[C@@H]2[C@H](O1)[C@H]1ON(Cc3ccc(C=CCc4ccccc4O)cc3)[C@@H]3C(=O)O[C@@H]2C[C@]13C(=O)N1CCC[C@@H]1C(=O)N[C@H](CO)CCC(=O)OC(C)(C)C. The highest BCUT2D eigenvalue weighted by atomic mass is 16.8. The number of nitrogens with zero attached hydrogens (tertiary/aromatic N) is 2. The minimum Gasteiger partial charge on any atom is -0.508 e. The Morgan fingerprint density at radius 1 is 0.984 bits per heavy atom. The number of unbranched alkanes of at least 4 members (excludes halogenated alkanes) is 4. The van der Waals surface area contributed by atoms with Crippen LogP contribution in [0.1, 0.15) is 135 Å². The molecule has 2 amide bonds. The smallest absolute Gasteiger partial charge is 0.327 e. The number of carbonyl (C=O) groups excluding carboxylic acids is 4. The topological polar surface area (TPSA) is 173 Å². The number of fused-ring (bicyclic) bond motifs is 4. The largest absolute Gasteiger partial charge is 0.508 e. The van der Waals surface area contributed by atoms with Gasteiger partial charge in [0.2, 0.25) is 11.8 Å². The number of esters is 2. The van der Waals surface area contributed by atoms with Crippen LogP contribution in [0.3, 0.4) is 0 Å². The Kier molecular flexibility index (Phi) is 15.2. The number of aromatic hydroxyl groups is 1. The van der Waals surface area contributed by atoms with Crippen LogP contribution in [-0.2, 0) is 55.9 Å². The van der Waals surface area contributed by atoms with Gasteiger partial charge in [0.1, 0.15) is 47.2 Å². The second-order valence-electron chi connectivity index (χ2n) is 19.4. The number of hydrogen-bond donors (Lipinski definition) is 3. The van der Waals surface area contributed by atoms with E-state index in [1.165, 1.54) is 0 Å². The number of ether oxygens (including phenoxy) is 4. The van der Waals surface area contributed by atoms with E-state index in [1.807, 2.05) is 48.6 Å². The number of allylic oxidation sites excluding steroid dienone is 1. The van der Waals surface area contributed by atoms with Crippen LogP contribution in [0.25, 0.3) is 6.08 Å². The highest BCUT2D eigenvalue weighted by molar-refractivity contribution is 5.96. The van der Waals surface area contributed by atoms with Crippen LogP contribution in [0.15, 0.2) is 54.6 Å². The molecule has 4 aliphatic heterocycles. The van der Waals surface area contributed by atoms with Gasteiger partial charge in [0, 0.05) is 32.2 Å². The summed E-state index contributed by atoms with van der Waals surface area (Å²) < 4.78 is 25.7. The summed E-state index contributed by atoms with van der Waals surface area (Å²) in [6.07, 6.45) is 9.99. The van der Waals surface area contributed by atoms with Gasteiger partial charge in [0.05, 0.1) is 19.2 Å². The summed E-state index contributed by atoms with van der Waals surface area (Å²) in [5, 5.41) is 24.9. The molecule has 3 N–H and O–H groups in total. The molecular formula is C50H69N3O11. The summed E-state index contributed by atoms with van der Waals surface area (Å²) in [6.45, 7) is 9.72. The lowest BCUT2D eigenvalue weighted by molar-refractivity contribution is -0.225. The number of hydrogen-bond acceptors (Lipinski definition) is 12. The van der Waals surface area contributed by atoms with Crippen molar-refractivity contribution in [2.24, 2.45) is 5.41 Å². The summed E-state index contributed by atoms with van der Waals surface area (Å²) in [4.78, 5) is 65.1. The van der Waals surface area contributed by atoms with Crippen LogP contribution in [0.5, 0.6) is 5.75 Å². The van der Waals surface area contributed by atoms with Crippen LogP contribution >= 0.6 is 0 Å². The van der Waals surface area contributed by atoms with E-state index < -0.39 is 83.8 Å². The van der Waals surface area contributed by atoms with Crippen LogP contribution < -0.4 is 5.32 Å². The molecule has 2 aromatic rings. The first-order valence-electron chi connectivity index (χ1n) is 23.7. The Balaban J connectivity index is 1.15. The van der Waals surface area contributed by atoms with E-state index in [4.69, 9.17) is 23.8 Å². The van der Waals surface area contributed by atoms with Gasteiger partial charge in [-0.3, -0.25) is 24.0 Å². The van der Waals surface area contributed by atoms with Gasteiger partial charge in [0.25, 0.3) is 0 Å². The first-order valence-corrected chi connectivity index (χ1v) is 23.7. The highest BCUT2D eigenvalue weighted by Crippen LogP contribution is 2.59. The number of aliphatic hydroxyl groups excluding tert-OH is 1. The molecule has 0 radical (unpaired) electrons. The minimum atomic E-state index is -1.45. The predicted octanol–water partition coefficient (Wildman–Crippen LogP) is 6.68. The molecule has 0 unspecified atom stereocenters. The van der Waals surface area contributed by atoms with Gasteiger partial charge in [-0.25, -0.2) is 0 Å². The molecule has 14 heteroatoms. The average molecular weight is 888 g/mol. The van der Waals surface area contributed by atoms with Crippen molar-refractivity contribution < 1.29 is 53.2 Å². The molecule has 7 rings (SSSR count). The van der Waals surface area contributed by atoms with E-state index >= 15 is 4.79 Å². The van der Waals surface area contributed by atoms with Gasteiger partial charge in [-0.2, -0.15) is 5.06 Å². The third-order valence-corrected chi connectivity index (χ3v) is 13.4. The van der Waals surface area contributed by atoms with Crippen LogP contribution in [0.4, 0.5) is 0 Å². The molecule has 0 aromatic heterocycles. The van der Waals surface area contributed by atoms with Crippen molar-refractivity contribution in [2.45, 2.75) is 185 Å². The van der Waals surface area contributed by atoms with Crippen molar-refractivity contribution in [1.29, 1.82) is 0 Å². The molecule has 4 heterocycles. The van der Waals surface area contributed by atoms with Crippen molar-refractivity contribution in [1.82, 2.24) is 15.3 Å². The standard InChI is InChI=1S/C50H69N3O11/c1-6-8-12-27-49(28-13-9-7-2)62-41-39-30-50(47(59)52-29-15-19-37(52)45(57)51-36(32-54)25-26-40(56)61-48(3,4)5)43(46(58)60-39)53(64-44(50)42(41)63-49)31-34-23-21-33(22-24-34)16-14-18-35-17-10-11-20-38(35)55/h10-11,14,16-17,20-24,36-37,39,41-44,54-55H,6-9,12-13,15,18-19,25-32H2,1-5H3,(H,51,57)/t36-,37+,39+,41-,42-,43+,44+,50+/m0/s1. The Bertz CT molecular complexity index is 1970. The summed E-state index contributed by atoms with van der Waals surface area (Å²) >= 11 is 0. The third-order valence-electron chi connectivity index (χ3n) is 13.4. The maximum atomic E-state index is 15.6. The lowest BCUT2D eigenvalue weighted by Gasteiger charge is -2.50. The van der Waals surface area contributed by atoms with Crippen molar-refractivity contribution in [2.75, 3.05) is 13.2 Å². The van der Waals surface area contributed by atoms with E-state index in [1.54, 1.807) is 42.9 Å². The van der Waals surface area contributed by atoms with Gasteiger partial charge < -0.3 is 39.4 Å². The van der Waals surface area contributed by atoms with E-state index in [-0.39, 0.29) is 37.5 Å². The number of aliphatic hydroxyl groups is 1. The molecule has 4 saturated heterocycles. The van der Waals surface area contributed by atoms with E-state index in [2.05, 4.69) is 19.2 Å². The summed E-state index contributed by atoms with van der Waals surface area (Å²) in [5.41, 5.74) is 0.518. The molecule has 1 aliphatic carbocycles. The molecule has 2 bridgehead atoms. The zero-order valence-corrected chi connectivity index (χ0v) is 38.3. The first kappa shape index (κ1) is 47.6. The monoisotopic (exact) mass is 887 g/mol. The molecule has 14 nitrogen and oxygen atoms in total. The Hall–Kier alpha value is -4.34. The second kappa shape index (κ2) is 20.4. The lowest BCUT2D eigenvalue weighted by Crippen LogP contribution is -2.70. The number of nitrogens with one attached hydrogen (secondary N) is 1. The normalized spacial score (nSPS) is 27.7. The Labute approximate surface area is 377 Å². The molecule has 1 saturated carbocycles. The molecule has 2 aromatic carbocycles. The van der Waals surface area contributed by atoms with Gasteiger partial charge >= 0.3 is 11.9 Å². The quantitative estimate of drug-likeness (QED) is 0.0953. The van der Waals surface area contributed by atoms with E-state index in [9.17, 15) is 24.6 Å². The third kappa shape index (κ3) is 10.4. The zero-order chi connectivity index (χ0) is 45.6. The molecule has 350 valence electrons. The number of phenols is 1. The number of phenolic OH excluding ortho intramolecular Hbond substituents is 1. The number of amides is 2. The van der Waals surface area contributed by atoms with Gasteiger partial charge in [-0.05, 0) is 82.1 Å². The number of hydroxylamine groups is 2. The van der Waals surface area contributed by atoms with E-state index in [0.29, 0.717) is 38.6 Å². The van der Waals surface area contributed by atoms with Crippen molar-refractivity contribution in [3.05, 3.63) is 71.3 Å². The molecule has 64 heavy (non-hydrogen) atoms. The Morgan fingerprint density at radius 2 is 1.69 bits per heavy atom. The van der Waals surface area contributed by atoms with Gasteiger partial charge in [-0.15, -0.1) is 0 Å². The van der Waals surface area contributed by atoms with Gasteiger partial charge in [0.15, 0.2) is 11.8 Å². The number of rotatable bonds is 20. The fourth-order valence-corrected chi connectivity index (χ4v) is 10.3. The fourth-order valence-electron chi connectivity index (χ4n) is 10.3. The second-order valence-corrected chi connectivity index (χ2v) is 19.4. The first-order chi connectivity index (χ1) is 30.7. The number of likely N-dealkylation sites (tertiary alicyclic amines) is 1. The predicted molar refractivity (Wildman–Crippen MR) is 238 cm³/mol. The average Bonchev–Trinajstić information content (AvgIpc) is 3.99. The highest BCUT2D eigenvalue weighted by Gasteiger charge is 2.77. The molecule has 0 spiro atoms.